The number of hydrogen-bond donors (Lipinski definition) is 1. The van der Waals surface area contributed by atoms with Crippen LogP contribution in [-0.2, 0) is 19.3 Å². The van der Waals surface area contributed by atoms with E-state index in [-0.39, 0.29) is 64.0 Å². The van der Waals surface area contributed by atoms with E-state index < -0.39 is 5.76 Å². The molecule has 3 heterocycles. The summed E-state index contributed by atoms with van der Waals surface area (Å²) < 4.78 is 12.5. The van der Waals surface area contributed by atoms with E-state index in [1.54, 1.807) is 4.57 Å². The summed E-state index contributed by atoms with van der Waals surface area (Å²) in [4.78, 5) is 33.1. The predicted octanol–water partition coefficient (Wildman–Crippen LogP) is 2.92. The molecule has 9 heteroatoms. The van der Waals surface area contributed by atoms with Gasteiger partial charge in [0.1, 0.15) is 17.2 Å². The van der Waals surface area contributed by atoms with Gasteiger partial charge in [0, 0.05) is 29.5 Å². The van der Waals surface area contributed by atoms with Gasteiger partial charge in [-0.1, -0.05) is 67.0 Å². The van der Waals surface area contributed by atoms with Crippen molar-refractivity contribution in [1.29, 1.82) is 0 Å². The molecule has 1 aliphatic rings. The summed E-state index contributed by atoms with van der Waals surface area (Å²) in [6, 6.07) is 21.7. The molecule has 2 aromatic heterocycles. The minimum absolute atomic E-state index is 0. The van der Waals surface area contributed by atoms with Gasteiger partial charge in [-0.3, -0.25) is 18.9 Å². The maximum atomic E-state index is 14.1. The second-order valence-electron chi connectivity index (χ2n) is 11.2. The van der Waals surface area contributed by atoms with Gasteiger partial charge in [-0.15, -0.1) is 0 Å². The van der Waals surface area contributed by atoms with Crippen molar-refractivity contribution >= 4 is 0 Å². The minimum atomic E-state index is -0.595. The summed E-state index contributed by atoms with van der Waals surface area (Å²) in [6.45, 7) is 8.14. The van der Waals surface area contributed by atoms with Crippen LogP contribution in [0.1, 0.15) is 56.8 Å². The van der Waals surface area contributed by atoms with Crippen LogP contribution in [0.25, 0.3) is 28.2 Å². The van der Waals surface area contributed by atoms with Crippen molar-refractivity contribution in [3.8, 4) is 34.0 Å². The van der Waals surface area contributed by atoms with Crippen LogP contribution in [0.2, 0.25) is 0 Å². The zero-order valence-corrected chi connectivity index (χ0v) is 27.8. The van der Waals surface area contributed by atoms with Crippen molar-refractivity contribution in [2.45, 2.75) is 59.0 Å². The third-order valence-electron chi connectivity index (χ3n) is 7.49. The van der Waals surface area contributed by atoms with Crippen LogP contribution in [-0.4, -0.2) is 25.3 Å². The first-order valence-corrected chi connectivity index (χ1v) is 13.9. The van der Waals surface area contributed by atoms with E-state index in [2.05, 4.69) is 37.0 Å². The Hall–Kier alpha value is -3.08. The minimum Gasteiger partial charge on any atom is -1.00 e. The van der Waals surface area contributed by atoms with Gasteiger partial charge in [0.05, 0.1) is 11.4 Å². The average molecular weight is 589 g/mol. The van der Waals surface area contributed by atoms with Gasteiger partial charge in [-0.2, -0.15) is 0 Å². The van der Waals surface area contributed by atoms with E-state index >= 15 is 0 Å². The van der Waals surface area contributed by atoms with Crippen molar-refractivity contribution in [2.24, 2.45) is 0 Å². The summed E-state index contributed by atoms with van der Waals surface area (Å²) in [5.74, 6) is 1.34. The molecular formula is C33H33KN4O4. The Morgan fingerprint density at radius 2 is 1.76 bits per heavy atom. The van der Waals surface area contributed by atoms with Crippen molar-refractivity contribution in [1.82, 2.24) is 19.7 Å². The number of nitrogens with zero attached hydrogens (tertiary/aromatic N) is 3. The second kappa shape index (κ2) is 12.3. The van der Waals surface area contributed by atoms with E-state index in [9.17, 15) is 9.59 Å². The third-order valence-corrected chi connectivity index (χ3v) is 7.49. The Morgan fingerprint density at radius 3 is 2.45 bits per heavy atom. The van der Waals surface area contributed by atoms with Gasteiger partial charge in [-0.05, 0) is 62.1 Å². The summed E-state index contributed by atoms with van der Waals surface area (Å²) >= 11 is 0. The Kier molecular flexibility index (Phi) is 8.87. The number of rotatable bonds is 7. The maximum absolute atomic E-state index is 14.1. The largest absolute Gasteiger partial charge is 1.00 e. The van der Waals surface area contributed by atoms with E-state index in [4.69, 9.17) is 14.2 Å². The number of nitrogens with one attached hydrogen (secondary N) is 1. The summed E-state index contributed by atoms with van der Waals surface area (Å²) in [7, 11) is 0. The number of H-pyrrole nitrogens is 1. The fraction of sp³-hybridized carbons (Fsp3) is 0.273. The topological polar surface area (TPSA) is 103 Å². The molecule has 0 atom stereocenters. The van der Waals surface area contributed by atoms with Crippen LogP contribution in [0, 0.1) is 6.92 Å². The third kappa shape index (κ3) is 6.02. The Balaban J connectivity index is 0.00000212. The molecule has 1 N–H and O–H groups in total. The van der Waals surface area contributed by atoms with Crippen LogP contribution in [0.3, 0.4) is 0 Å². The number of ether oxygens (including phenoxy) is 1. The second-order valence-corrected chi connectivity index (χ2v) is 11.2. The first-order chi connectivity index (χ1) is 19.7. The molecule has 6 rings (SSSR count). The van der Waals surface area contributed by atoms with Gasteiger partial charge in [0.15, 0.2) is 5.82 Å². The van der Waals surface area contributed by atoms with Gasteiger partial charge >= 0.3 is 57.1 Å². The molecule has 0 saturated carbocycles. The fourth-order valence-corrected chi connectivity index (χ4v) is 5.67. The fourth-order valence-electron chi connectivity index (χ4n) is 5.67. The van der Waals surface area contributed by atoms with E-state index in [1.807, 2.05) is 67.6 Å². The van der Waals surface area contributed by atoms with Gasteiger partial charge in [-0.25, -0.2) is 9.78 Å². The molecule has 0 bridgehead atoms. The van der Waals surface area contributed by atoms with Crippen molar-refractivity contribution in [3.05, 3.63) is 116 Å². The SMILES string of the molecule is CCCc1nc(C)n(-c2ccc3c(c2)CC(C)(C)O3)c(=O)c1Cc1ccc(-c2ccccc2-c2noc(=O)[nH]2)cc1.[H-].[K+]. The van der Waals surface area contributed by atoms with Crippen molar-refractivity contribution < 1.29 is 62.1 Å². The first-order valence-electron chi connectivity index (χ1n) is 13.9. The molecule has 5 aromatic rings. The molecule has 0 aliphatic carbocycles. The number of aryl methyl sites for hydroxylation is 2. The molecule has 42 heavy (non-hydrogen) atoms. The van der Waals surface area contributed by atoms with Crippen molar-refractivity contribution in [2.75, 3.05) is 0 Å². The molecule has 0 spiro atoms. The number of hydrogen-bond acceptors (Lipinski definition) is 6. The maximum Gasteiger partial charge on any atom is 1.00 e. The first kappa shape index (κ1) is 30.4. The van der Waals surface area contributed by atoms with Gasteiger partial charge < -0.3 is 6.16 Å². The molecule has 0 radical (unpaired) electrons. The zero-order valence-electron chi connectivity index (χ0n) is 25.7. The molecule has 0 unspecified atom stereocenters. The van der Waals surface area contributed by atoms with Crippen LogP contribution in [0.4, 0.5) is 0 Å². The molecule has 210 valence electrons. The quantitative estimate of drug-likeness (QED) is 0.294. The number of fused-ring (bicyclic) bond motifs is 1. The van der Waals surface area contributed by atoms with Crippen molar-refractivity contribution in [3.63, 3.8) is 0 Å². The molecule has 8 nitrogen and oxygen atoms in total. The average Bonchev–Trinajstić information content (AvgIpc) is 3.52. The summed E-state index contributed by atoms with van der Waals surface area (Å²) in [5.41, 5.74) is 6.83. The molecule has 0 saturated heterocycles. The molecular weight excluding hydrogens is 555 g/mol. The number of aromatic amines is 1. The van der Waals surface area contributed by atoms with Crippen LogP contribution in [0.15, 0.2) is 80.8 Å². The molecule has 3 aromatic carbocycles. The predicted molar refractivity (Wildman–Crippen MR) is 159 cm³/mol. The van der Waals surface area contributed by atoms with Crippen LogP contribution in [0.5, 0.6) is 5.75 Å². The summed E-state index contributed by atoms with van der Waals surface area (Å²) in [6.07, 6.45) is 2.90. The van der Waals surface area contributed by atoms with E-state index in [0.717, 1.165) is 64.2 Å². The van der Waals surface area contributed by atoms with E-state index in [0.29, 0.717) is 23.6 Å². The number of aromatic nitrogens is 4. The van der Waals surface area contributed by atoms with Gasteiger partial charge in [0.2, 0.25) is 0 Å². The number of benzene rings is 3. The smallest absolute Gasteiger partial charge is 1.00 e. The molecule has 1 aliphatic heterocycles. The summed E-state index contributed by atoms with van der Waals surface area (Å²) in [5, 5.41) is 3.85. The molecule has 0 amide bonds. The van der Waals surface area contributed by atoms with Crippen LogP contribution >= 0.6 is 0 Å². The van der Waals surface area contributed by atoms with Crippen LogP contribution < -0.4 is 67.4 Å². The Labute approximate surface area is 288 Å². The Bertz CT molecular complexity index is 1880. The van der Waals surface area contributed by atoms with E-state index in [1.165, 1.54) is 0 Å². The molecule has 0 fully saturated rings. The normalized spacial score (nSPS) is 13.3. The zero-order chi connectivity index (χ0) is 28.7. The standard InChI is InChI=1S/C33H32N4O4.K.H/c1-5-8-28-27(31(38)37(20(2)34-28)24-15-16-29-23(18-24)19-33(3,4)40-29)17-21-11-13-22(14-12-21)25-9-6-7-10-26(25)30-35-32(39)41-36-30;;/h6-7,9-16,18H,5,8,17,19H2,1-4H3,(H,35,36,39);;/q;+1;-1. The Morgan fingerprint density at radius 1 is 1.02 bits per heavy atom. The van der Waals surface area contributed by atoms with Gasteiger partial charge in [0.25, 0.3) is 5.56 Å². The monoisotopic (exact) mass is 588 g/mol.